The molecule has 0 aromatic rings. The largest absolute Gasteiger partial charge is 0.469 e. The summed E-state index contributed by atoms with van der Waals surface area (Å²) >= 11 is 0. The number of ether oxygens (including phenoxy) is 2. The van der Waals surface area contributed by atoms with Crippen molar-refractivity contribution in [2.75, 3.05) is 13.2 Å². The Kier molecular flexibility index (Phi) is 31.6. The highest BCUT2D eigenvalue weighted by atomic mass is 31.2. The van der Waals surface area contributed by atoms with Gasteiger partial charge in [0, 0.05) is 12.8 Å². The molecule has 0 radical (unpaired) electrons. The summed E-state index contributed by atoms with van der Waals surface area (Å²) in [5, 5.41) is 10.1. The van der Waals surface area contributed by atoms with Gasteiger partial charge in [-0.1, -0.05) is 145 Å². The molecule has 1 unspecified atom stereocenters. The van der Waals surface area contributed by atoms with Gasteiger partial charge in [0.05, 0.1) is 12.7 Å². The smallest absolute Gasteiger partial charge is 0.462 e. The number of esters is 2. The molecule has 0 amide bonds. The highest BCUT2D eigenvalue weighted by molar-refractivity contribution is 7.46. The zero-order valence-corrected chi connectivity index (χ0v) is 30.6. The van der Waals surface area contributed by atoms with Crippen LogP contribution in [0.1, 0.15) is 142 Å². The minimum absolute atomic E-state index is 0.0355. The number of phosphoric ester groups is 1. The highest BCUT2D eigenvalue weighted by Crippen LogP contribution is 2.36. The first kappa shape index (κ1) is 45.7. The minimum atomic E-state index is -4.79. The molecule has 0 aliphatic heterocycles. The van der Waals surface area contributed by atoms with Crippen LogP contribution in [0, 0.1) is 0 Å². The third-order valence-electron chi connectivity index (χ3n) is 7.40. The van der Waals surface area contributed by atoms with Gasteiger partial charge in [0.25, 0.3) is 0 Å². The molecule has 0 aliphatic carbocycles. The van der Waals surface area contributed by atoms with E-state index in [1.165, 1.54) is 51.4 Å². The van der Waals surface area contributed by atoms with E-state index in [4.69, 9.17) is 19.3 Å². The van der Waals surface area contributed by atoms with E-state index in [0.717, 1.165) is 44.9 Å². The van der Waals surface area contributed by atoms with Gasteiger partial charge in [-0.15, -0.1) is 0 Å². The first-order valence-corrected chi connectivity index (χ1v) is 19.7. The summed E-state index contributed by atoms with van der Waals surface area (Å²) < 4.78 is 26.1. The summed E-state index contributed by atoms with van der Waals surface area (Å²) in [6.07, 6.45) is 36.9. The van der Waals surface area contributed by atoms with E-state index in [-0.39, 0.29) is 19.4 Å². The molecule has 3 N–H and O–H groups in total. The monoisotopic (exact) mass is 696 g/mol. The van der Waals surface area contributed by atoms with E-state index in [2.05, 4.69) is 54.8 Å². The number of rotatable bonds is 32. The van der Waals surface area contributed by atoms with Crippen LogP contribution in [-0.4, -0.2) is 52.3 Å². The average molecular weight is 697 g/mol. The summed E-state index contributed by atoms with van der Waals surface area (Å²) in [5.41, 5.74) is 0. The van der Waals surface area contributed by atoms with Crippen LogP contribution in [-0.2, 0) is 28.2 Å². The first-order valence-electron chi connectivity index (χ1n) is 18.2. The van der Waals surface area contributed by atoms with Gasteiger partial charge in [0.2, 0.25) is 0 Å². The molecule has 0 aliphatic rings. The van der Waals surface area contributed by atoms with Gasteiger partial charge in [-0.05, 0) is 44.9 Å². The SMILES string of the molecule is CC/C=C\C/C=C\C/C=C\C/C=C\C=C\C(O)CCCC(=O)OC[C@H](COP(=O)(O)O)OC(=O)CCCCCCCCCCCCCC. The van der Waals surface area contributed by atoms with E-state index >= 15 is 0 Å². The van der Waals surface area contributed by atoms with Crippen LogP contribution < -0.4 is 0 Å². The fourth-order valence-corrected chi connectivity index (χ4v) is 5.05. The predicted molar refractivity (Wildman–Crippen MR) is 194 cm³/mol. The number of hydrogen-bond donors (Lipinski definition) is 3. The molecule has 0 aromatic heterocycles. The quantitative estimate of drug-likeness (QED) is 0.0206. The molecule has 0 saturated heterocycles. The summed E-state index contributed by atoms with van der Waals surface area (Å²) in [4.78, 5) is 42.6. The van der Waals surface area contributed by atoms with Gasteiger partial charge in [-0.3, -0.25) is 14.1 Å². The molecule has 276 valence electrons. The second-order valence-electron chi connectivity index (χ2n) is 12.0. The van der Waals surface area contributed by atoms with Crippen molar-refractivity contribution in [3.8, 4) is 0 Å². The molecule has 0 rings (SSSR count). The van der Waals surface area contributed by atoms with E-state index in [1.54, 1.807) is 12.2 Å². The van der Waals surface area contributed by atoms with E-state index in [9.17, 15) is 19.3 Å². The number of allylic oxidation sites excluding steroid dienone is 9. The highest BCUT2D eigenvalue weighted by Gasteiger charge is 2.23. The molecule has 0 saturated carbocycles. The summed E-state index contributed by atoms with van der Waals surface area (Å²) in [7, 11) is -4.79. The van der Waals surface area contributed by atoms with Crippen LogP contribution in [0.5, 0.6) is 0 Å². The molecule has 10 heteroatoms. The van der Waals surface area contributed by atoms with E-state index in [1.807, 2.05) is 12.2 Å². The van der Waals surface area contributed by atoms with Crippen molar-refractivity contribution in [3.05, 3.63) is 60.8 Å². The van der Waals surface area contributed by atoms with Crippen LogP contribution in [0.15, 0.2) is 60.8 Å². The van der Waals surface area contributed by atoms with Crippen molar-refractivity contribution in [2.24, 2.45) is 0 Å². The number of phosphoric acid groups is 1. The molecule has 9 nitrogen and oxygen atoms in total. The van der Waals surface area contributed by atoms with E-state index < -0.39 is 38.6 Å². The first-order chi connectivity index (χ1) is 23.2. The molecule has 0 aromatic carbocycles. The van der Waals surface area contributed by atoms with Crippen LogP contribution in [0.3, 0.4) is 0 Å². The zero-order chi connectivity index (χ0) is 35.6. The summed E-state index contributed by atoms with van der Waals surface area (Å²) in [6.45, 7) is 3.37. The number of aliphatic hydroxyl groups is 1. The number of hydrogen-bond acceptors (Lipinski definition) is 7. The lowest BCUT2D eigenvalue weighted by atomic mass is 10.0. The van der Waals surface area contributed by atoms with Gasteiger partial charge in [-0.25, -0.2) is 4.57 Å². The standard InChI is InChI=1S/C38H65O9P/c1-3-5-7-9-11-13-15-17-18-20-22-24-26-29-35(39)30-28-32-37(40)45-33-36(34-46-48(42,43)44)47-38(41)31-27-25-23-21-19-16-14-12-10-8-6-4-2/h5,7,11,13,17-18,22,24,26,29,35-36,39H,3-4,6,8-10,12,14-16,19-21,23,25,27-28,30-34H2,1-2H3,(H2,42,43,44)/b7-5-,13-11-,18-17-,24-22-,29-26+/t35?,36-/m1/s1. The second-order valence-corrected chi connectivity index (χ2v) is 13.3. The van der Waals surface area contributed by atoms with Crippen LogP contribution in [0.25, 0.3) is 0 Å². The number of unbranched alkanes of at least 4 members (excludes halogenated alkanes) is 11. The Labute approximate surface area is 290 Å². The number of carbonyl (C=O) groups excluding carboxylic acids is 2. The number of carbonyl (C=O) groups is 2. The zero-order valence-electron chi connectivity index (χ0n) is 29.7. The Balaban J connectivity index is 4.21. The van der Waals surface area contributed by atoms with Crippen molar-refractivity contribution >= 4 is 19.8 Å². The van der Waals surface area contributed by atoms with Crippen LogP contribution in [0.2, 0.25) is 0 Å². The van der Waals surface area contributed by atoms with Gasteiger partial charge in [-0.2, -0.15) is 0 Å². The molecular formula is C38H65O9P. The van der Waals surface area contributed by atoms with Crippen molar-refractivity contribution in [3.63, 3.8) is 0 Å². The van der Waals surface area contributed by atoms with E-state index in [0.29, 0.717) is 19.3 Å². The molecule has 2 atom stereocenters. The Bertz CT molecular complexity index is 981. The molecule has 0 heterocycles. The van der Waals surface area contributed by atoms with Crippen molar-refractivity contribution in [2.45, 2.75) is 154 Å². The lowest BCUT2D eigenvalue weighted by Gasteiger charge is -2.18. The van der Waals surface area contributed by atoms with Crippen molar-refractivity contribution in [1.29, 1.82) is 0 Å². The van der Waals surface area contributed by atoms with Gasteiger partial charge in [0.15, 0.2) is 6.10 Å². The molecule has 0 bridgehead atoms. The Morgan fingerprint density at radius 2 is 1.17 bits per heavy atom. The normalized spacial score (nSPS) is 13.9. The third-order valence-corrected chi connectivity index (χ3v) is 7.89. The van der Waals surface area contributed by atoms with Gasteiger partial charge >= 0.3 is 19.8 Å². The molecular weight excluding hydrogens is 631 g/mol. The van der Waals surface area contributed by atoms with Crippen LogP contribution in [0.4, 0.5) is 0 Å². The summed E-state index contributed by atoms with van der Waals surface area (Å²) in [6, 6.07) is 0. The third kappa shape index (κ3) is 35.0. The molecule has 0 spiro atoms. The maximum atomic E-state index is 12.3. The predicted octanol–water partition coefficient (Wildman–Crippen LogP) is 9.53. The van der Waals surface area contributed by atoms with Crippen molar-refractivity contribution in [1.82, 2.24) is 0 Å². The lowest BCUT2D eigenvalue weighted by molar-refractivity contribution is -0.161. The molecule has 0 fully saturated rings. The lowest BCUT2D eigenvalue weighted by Crippen LogP contribution is -2.29. The number of aliphatic hydroxyl groups excluding tert-OH is 1. The fraction of sp³-hybridized carbons (Fsp3) is 0.684. The fourth-order valence-electron chi connectivity index (χ4n) is 4.69. The Morgan fingerprint density at radius 1 is 0.646 bits per heavy atom. The van der Waals surface area contributed by atoms with Crippen molar-refractivity contribution < 1.29 is 43.0 Å². The summed E-state index contributed by atoms with van der Waals surface area (Å²) in [5.74, 6) is -1.09. The minimum Gasteiger partial charge on any atom is -0.462 e. The molecule has 48 heavy (non-hydrogen) atoms. The average Bonchev–Trinajstić information content (AvgIpc) is 3.04. The Morgan fingerprint density at radius 3 is 1.73 bits per heavy atom. The maximum Gasteiger partial charge on any atom is 0.469 e. The Hall–Kier alpha value is -2.29. The van der Waals surface area contributed by atoms with Crippen LogP contribution >= 0.6 is 7.82 Å². The second kappa shape index (κ2) is 33.2. The van der Waals surface area contributed by atoms with Gasteiger partial charge < -0.3 is 24.4 Å². The van der Waals surface area contributed by atoms with Gasteiger partial charge in [0.1, 0.15) is 6.61 Å². The topological polar surface area (TPSA) is 140 Å². The maximum absolute atomic E-state index is 12.3.